The van der Waals surface area contributed by atoms with Gasteiger partial charge in [0.25, 0.3) is 0 Å². The maximum Gasteiger partial charge on any atom is 0.416 e. The zero-order chi connectivity index (χ0) is 15.6. The van der Waals surface area contributed by atoms with Gasteiger partial charge >= 0.3 is 12.1 Å². The average molecular weight is 316 g/mol. The van der Waals surface area contributed by atoms with Crippen LogP contribution in [0.3, 0.4) is 0 Å². The van der Waals surface area contributed by atoms with Crippen LogP contribution in [-0.4, -0.2) is 16.1 Å². The summed E-state index contributed by atoms with van der Waals surface area (Å²) in [6.07, 6.45) is -4.64. The number of hydrogen-bond donors (Lipinski definition) is 2. The molecule has 0 unspecified atom stereocenters. The molecular formula is C13H11F3N2O2S. The van der Waals surface area contributed by atoms with Crippen molar-refractivity contribution in [2.24, 2.45) is 0 Å². The van der Waals surface area contributed by atoms with Gasteiger partial charge in [0.15, 0.2) is 5.13 Å². The number of anilines is 2. The Hall–Kier alpha value is -2.09. The fourth-order valence-corrected chi connectivity index (χ4v) is 2.46. The summed E-state index contributed by atoms with van der Waals surface area (Å²) in [5.41, 5.74) is 0.0378. The predicted molar refractivity (Wildman–Crippen MR) is 72.9 cm³/mol. The van der Waals surface area contributed by atoms with Crippen molar-refractivity contribution in [3.05, 3.63) is 40.4 Å². The minimum atomic E-state index is -4.42. The number of carboxylic acids is 1. The van der Waals surface area contributed by atoms with Gasteiger partial charge in [-0.25, -0.2) is 4.98 Å². The average Bonchev–Trinajstić information content (AvgIpc) is 2.76. The summed E-state index contributed by atoms with van der Waals surface area (Å²) in [6, 6.07) is 3.90. The number of nitrogens with one attached hydrogen (secondary N) is 1. The van der Waals surface area contributed by atoms with Gasteiger partial charge < -0.3 is 10.4 Å². The van der Waals surface area contributed by atoms with E-state index in [4.69, 9.17) is 5.11 Å². The molecule has 2 rings (SSSR count). The Labute approximate surface area is 122 Å². The number of alkyl halides is 3. The van der Waals surface area contributed by atoms with Crippen molar-refractivity contribution in [2.75, 3.05) is 5.32 Å². The normalized spacial score (nSPS) is 11.4. The molecule has 0 saturated heterocycles. The lowest BCUT2D eigenvalue weighted by Gasteiger charge is -2.12. The number of halogens is 3. The second kappa shape index (κ2) is 5.72. The number of nitrogens with zero attached hydrogens (tertiary/aromatic N) is 1. The third-order valence-electron chi connectivity index (χ3n) is 2.68. The monoisotopic (exact) mass is 316 g/mol. The Morgan fingerprint density at radius 3 is 2.76 bits per heavy atom. The van der Waals surface area contributed by atoms with E-state index in [0.717, 1.165) is 17.4 Å². The number of carbonyl (C=O) groups is 1. The van der Waals surface area contributed by atoms with Crippen LogP contribution in [0.15, 0.2) is 23.6 Å². The van der Waals surface area contributed by atoms with Crippen molar-refractivity contribution >= 4 is 28.1 Å². The Bertz CT molecular complexity index is 668. The molecular weight excluding hydrogens is 305 g/mol. The van der Waals surface area contributed by atoms with Crippen LogP contribution in [0, 0.1) is 6.92 Å². The zero-order valence-electron chi connectivity index (χ0n) is 10.9. The van der Waals surface area contributed by atoms with Crippen molar-refractivity contribution in [1.29, 1.82) is 0 Å². The van der Waals surface area contributed by atoms with E-state index in [9.17, 15) is 18.0 Å². The van der Waals surface area contributed by atoms with Crippen LogP contribution in [0.5, 0.6) is 0 Å². The van der Waals surface area contributed by atoms with Crippen LogP contribution < -0.4 is 5.32 Å². The molecule has 0 radical (unpaired) electrons. The van der Waals surface area contributed by atoms with Gasteiger partial charge in [-0.1, -0.05) is 6.07 Å². The standard InChI is InChI=1S/C13H11F3N2O2S/c1-7-2-3-8(4-10(7)13(14,15)16)17-12-18-9(6-21-12)5-11(19)20/h2-4,6H,5H2,1H3,(H,17,18)(H,19,20). The molecule has 21 heavy (non-hydrogen) atoms. The SMILES string of the molecule is Cc1ccc(Nc2nc(CC(=O)O)cs2)cc1C(F)(F)F. The molecule has 0 amide bonds. The Morgan fingerprint density at radius 1 is 1.43 bits per heavy atom. The quantitative estimate of drug-likeness (QED) is 0.899. The fourth-order valence-electron chi connectivity index (χ4n) is 1.73. The van der Waals surface area contributed by atoms with Crippen molar-refractivity contribution in [3.8, 4) is 0 Å². The van der Waals surface area contributed by atoms with Crippen molar-refractivity contribution < 1.29 is 23.1 Å². The molecule has 1 aromatic heterocycles. The molecule has 0 aliphatic heterocycles. The molecule has 0 bridgehead atoms. The van der Waals surface area contributed by atoms with Gasteiger partial charge in [-0.05, 0) is 24.6 Å². The van der Waals surface area contributed by atoms with E-state index in [1.807, 2.05) is 0 Å². The Morgan fingerprint density at radius 2 is 2.14 bits per heavy atom. The minimum Gasteiger partial charge on any atom is -0.481 e. The van der Waals surface area contributed by atoms with Gasteiger partial charge in [-0.3, -0.25) is 4.79 Å². The molecule has 0 saturated carbocycles. The first kappa shape index (κ1) is 15.3. The van der Waals surface area contributed by atoms with Crippen LogP contribution in [0.25, 0.3) is 0 Å². The maximum atomic E-state index is 12.8. The Kier molecular flexibility index (Phi) is 4.17. The summed E-state index contributed by atoms with van der Waals surface area (Å²) >= 11 is 1.14. The second-order valence-corrected chi connectivity index (χ2v) is 5.23. The Balaban J connectivity index is 2.20. The topological polar surface area (TPSA) is 62.2 Å². The number of hydrogen-bond acceptors (Lipinski definition) is 4. The molecule has 2 N–H and O–H groups in total. The van der Waals surface area contributed by atoms with Crippen LogP contribution in [0.2, 0.25) is 0 Å². The number of aryl methyl sites for hydroxylation is 1. The van der Waals surface area contributed by atoms with Gasteiger partial charge in [0, 0.05) is 11.1 Å². The highest BCUT2D eigenvalue weighted by atomic mass is 32.1. The van der Waals surface area contributed by atoms with Crippen molar-refractivity contribution in [3.63, 3.8) is 0 Å². The van der Waals surface area contributed by atoms with Gasteiger partial charge in [0.05, 0.1) is 17.7 Å². The number of carboxylic acid groups (broad SMARTS) is 1. The number of aromatic nitrogens is 1. The maximum absolute atomic E-state index is 12.8. The molecule has 2 aromatic rings. The van der Waals surface area contributed by atoms with Gasteiger partial charge in [0.2, 0.25) is 0 Å². The third-order valence-corrected chi connectivity index (χ3v) is 3.48. The number of benzene rings is 1. The molecule has 1 heterocycles. The van der Waals surface area contributed by atoms with Crippen molar-refractivity contribution in [1.82, 2.24) is 4.98 Å². The molecule has 4 nitrogen and oxygen atoms in total. The van der Waals surface area contributed by atoms with E-state index < -0.39 is 17.7 Å². The van der Waals surface area contributed by atoms with E-state index in [1.165, 1.54) is 19.1 Å². The lowest BCUT2D eigenvalue weighted by atomic mass is 10.1. The first-order valence-corrected chi connectivity index (χ1v) is 6.75. The highest BCUT2D eigenvalue weighted by molar-refractivity contribution is 7.13. The third kappa shape index (κ3) is 3.94. The highest BCUT2D eigenvalue weighted by Gasteiger charge is 2.32. The van der Waals surface area contributed by atoms with Gasteiger partial charge in [-0.2, -0.15) is 13.2 Å². The molecule has 1 aromatic carbocycles. The lowest BCUT2D eigenvalue weighted by molar-refractivity contribution is -0.138. The van der Waals surface area contributed by atoms with E-state index in [2.05, 4.69) is 10.3 Å². The fraction of sp³-hybridized carbons (Fsp3) is 0.231. The summed E-state index contributed by atoms with van der Waals surface area (Å²) in [5.74, 6) is -1.01. The number of thiazole rings is 1. The van der Waals surface area contributed by atoms with E-state index in [1.54, 1.807) is 5.38 Å². The smallest absolute Gasteiger partial charge is 0.416 e. The summed E-state index contributed by atoms with van der Waals surface area (Å²) in [4.78, 5) is 14.6. The molecule has 8 heteroatoms. The van der Waals surface area contributed by atoms with E-state index in [0.29, 0.717) is 10.8 Å². The van der Waals surface area contributed by atoms with Crippen molar-refractivity contribution in [2.45, 2.75) is 19.5 Å². The summed E-state index contributed by atoms with van der Waals surface area (Å²) < 4.78 is 38.4. The van der Waals surface area contributed by atoms with Crippen LogP contribution in [-0.2, 0) is 17.4 Å². The van der Waals surface area contributed by atoms with E-state index >= 15 is 0 Å². The molecule has 0 spiro atoms. The van der Waals surface area contributed by atoms with Crippen LogP contribution >= 0.6 is 11.3 Å². The zero-order valence-corrected chi connectivity index (χ0v) is 11.7. The van der Waals surface area contributed by atoms with Crippen LogP contribution in [0.4, 0.5) is 24.0 Å². The minimum absolute atomic E-state index is 0.138. The molecule has 0 aliphatic carbocycles. The molecule has 0 fully saturated rings. The lowest BCUT2D eigenvalue weighted by Crippen LogP contribution is -2.08. The van der Waals surface area contributed by atoms with Gasteiger partial charge in [-0.15, -0.1) is 11.3 Å². The summed E-state index contributed by atoms with van der Waals surface area (Å²) in [7, 11) is 0. The first-order chi connectivity index (χ1) is 9.75. The van der Waals surface area contributed by atoms with Gasteiger partial charge in [0.1, 0.15) is 0 Å². The highest BCUT2D eigenvalue weighted by Crippen LogP contribution is 2.34. The predicted octanol–water partition coefficient (Wildman–Crippen LogP) is 3.84. The number of aliphatic carboxylic acids is 1. The number of rotatable bonds is 4. The molecule has 112 valence electrons. The van der Waals surface area contributed by atoms with Crippen LogP contribution in [0.1, 0.15) is 16.8 Å². The first-order valence-electron chi connectivity index (χ1n) is 5.87. The summed E-state index contributed by atoms with van der Waals surface area (Å²) in [5, 5.41) is 13.3. The molecule has 0 aliphatic rings. The largest absolute Gasteiger partial charge is 0.481 e. The summed E-state index contributed by atoms with van der Waals surface area (Å²) in [6.45, 7) is 1.39. The van der Waals surface area contributed by atoms with E-state index in [-0.39, 0.29) is 17.7 Å². The molecule has 0 atom stereocenters. The second-order valence-electron chi connectivity index (χ2n) is 4.37.